The summed E-state index contributed by atoms with van der Waals surface area (Å²) in [6, 6.07) is 0. The van der Waals surface area contributed by atoms with Crippen molar-refractivity contribution in [1.82, 2.24) is 0 Å². The fourth-order valence-electron chi connectivity index (χ4n) is 1.50. The molecule has 0 amide bonds. The Kier molecular flexibility index (Phi) is 5.64. The van der Waals surface area contributed by atoms with E-state index in [2.05, 4.69) is 0 Å². The summed E-state index contributed by atoms with van der Waals surface area (Å²) in [6.45, 7) is 2.87. The minimum absolute atomic E-state index is 0.0315. The molecular formula is C12H19NO3. The number of hydrogen-bond acceptors (Lipinski definition) is 4. The minimum atomic E-state index is -0.286. The summed E-state index contributed by atoms with van der Waals surface area (Å²) in [6.07, 6.45) is 7.83. The van der Waals surface area contributed by atoms with E-state index in [1.807, 2.05) is 6.08 Å². The monoisotopic (exact) mass is 225 g/mol. The zero-order valence-corrected chi connectivity index (χ0v) is 9.65. The smallest absolute Gasteiger partial charge is 0.338 e. The molecule has 0 saturated carbocycles. The minimum Gasteiger partial charge on any atom is -0.494 e. The van der Waals surface area contributed by atoms with Gasteiger partial charge in [0.2, 0.25) is 0 Å². The van der Waals surface area contributed by atoms with Gasteiger partial charge in [0.05, 0.1) is 18.4 Å². The summed E-state index contributed by atoms with van der Waals surface area (Å²) in [5, 5.41) is 0. The van der Waals surface area contributed by atoms with E-state index >= 15 is 0 Å². The Morgan fingerprint density at radius 1 is 1.56 bits per heavy atom. The van der Waals surface area contributed by atoms with E-state index in [1.165, 1.54) is 0 Å². The molecule has 4 nitrogen and oxygen atoms in total. The molecule has 0 aliphatic carbocycles. The van der Waals surface area contributed by atoms with Crippen molar-refractivity contribution in [2.24, 2.45) is 5.73 Å². The molecule has 0 aromatic heterocycles. The third kappa shape index (κ3) is 4.06. The summed E-state index contributed by atoms with van der Waals surface area (Å²) in [7, 11) is 0. The Morgan fingerprint density at radius 3 is 3.06 bits per heavy atom. The zero-order chi connectivity index (χ0) is 11.8. The molecule has 1 rings (SSSR count). The van der Waals surface area contributed by atoms with Crippen LogP contribution in [0, 0.1) is 0 Å². The van der Waals surface area contributed by atoms with Crippen LogP contribution in [0.25, 0.3) is 0 Å². The highest BCUT2D eigenvalue weighted by Gasteiger charge is 2.15. The largest absolute Gasteiger partial charge is 0.494 e. The average Bonchev–Trinajstić information content (AvgIpc) is 2.30. The van der Waals surface area contributed by atoms with Gasteiger partial charge in [-0.3, -0.25) is 0 Å². The van der Waals surface area contributed by atoms with Crippen molar-refractivity contribution in [3.63, 3.8) is 0 Å². The number of rotatable bonds is 6. The highest BCUT2D eigenvalue weighted by atomic mass is 16.5. The molecule has 0 spiro atoms. The predicted molar refractivity (Wildman–Crippen MR) is 61.6 cm³/mol. The van der Waals surface area contributed by atoms with E-state index in [1.54, 1.807) is 19.3 Å². The van der Waals surface area contributed by atoms with Crippen molar-refractivity contribution < 1.29 is 14.3 Å². The number of esters is 1. The number of nitrogens with two attached hydrogens (primary N) is 1. The van der Waals surface area contributed by atoms with Crippen LogP contribution in [0.1, 0.15) is 26.2 Å². The van der Waals surface area contributed by atoms with Crippen molar-refractivity contribution in [3.05, 3.63) is 24.0 Å². The number of hydrogen-bond donors (Lipinski definition) is 1. The van der Waals surface area contributed by atoms with Gasteiger partial charge in [0.1, 0.15) is 6.10 Å². The van der Waals surface area contributed by atoms with Gasteiger partial charge >= 0.3 is 5.97 Å². The van der Waals surface area contributed by atoms with Gasteiger partial charge in [-0.1, -0.05) is 0 Å². The maximum atomic E-state index is 11.5. The van der Waals surface area contributed by atoms with Gasteiger partial charge < -0.3 is 15.2 Å². The first kappa shape index (κ1) is 12.8. The zero-order valence-electron chi connectivity index (χ0n) is 9.65. The molecule has 1 aliphatic heterocycles. The van der Waals surface area contributed by atoms with E-state index < -0.39 is 0 Å². The summed E-state index contributed by atoms with van der Waals surface area (Å²) in [5.74, 6) is -0.286. The first-order valence-electron chi connectivity index (χ1n) is 5.69. The molecule has 0 bridgehead atoms. The van der Waals surface area contributed by atoms with Crippen LogP contribution in [0.2, 0.25) is 0 Å². The number of carbonyl (C=O) groups excluding carboxylic acids is 1. The Morgan fingerprint density at radius 2 is 2.38 bits per heavy atom. The van der Waals surface area contributed by atoms with Crippen molar-refractivity contribution >= 4 is 5.97 Å². The normalized spacial score (nSPS) is 18.9. The summed E-state index contributed by atoms with van der Waals surface area (Å²) < 4.78 is 10.3. The van der Waals surface area contributed by atoms with Crippen LogP contribution >= 0.6 is 0 Å². The molecule has 1 aliphatic rings. The Hall–Kier alpha value is -1.29. The quantitative estimate of drug-likeness (QED) is 0.550. The van der Waals surface area contributed by atoms with E-state index in [4.69, 9.17) is 15.2 Å². The average molecular weight is 225 g/mol. The Labute approximate surface area is 96.1 Å². The van der Waals surface area contributed by atoms with Gasteiger partial charge in [0, 0.05) is 0 Å². The van der Waals surface area contributed by atoms with Crippen molar-refractivity contribution in [3.8, 4) is 0 Å². The SMILES string of the molecule is CCOC(=O)C1=CC(CCCCN)OC=C1. The number of carbonyl (C=O) groups is 1. The first-order valence-corrected chi connectivity index (χ1v) is 5.69. The van der Waals surface area contributed by atoms with Crippen LogP contribution < -0.4 is 5.73 Å². The van der Waals surface area contributed by atoms with Crippen LogP contribution in [0.4, 0.5) is 0 Å². The molecule has 4 heteroatoms. The van der Waals surface area contributed by atoms with E-state index in [0.717, 1.165) is 19.3 Å². The molecule has 0 aromatic carbocycles. The molecule has 0 fully saturated rings. The molecule has 90 valence electrons. The van der Waals surface area contributed by atoms with Crippen LogP contribution in [0.3, 0.4) is 0 Å². The van der Waals surface area contributed by atoms with E-state index in [0.29, 0.717) is 18.7 Å². The van der Waals surface area contributed by atoms with Crippen molar-refractivity contribution in [2.45, 2.75) is 32.3 Å². The molecule has 0 radical (unpaired) electrons. The fourth-order valence-corrected chi connectivity index (χ4v) is 1.50. The first-order chi connectivity index (χ1) is 7.77. The van der Waals surface area contributed by atoms with Crippen LogP contribution in [-0.4, -0.2) is 25.2 Å². The molecule has 0 saturated heterocycles. The summed E-state index contributed by atoms with van der Waals surface area (Å²) in [4.78, 5) is 11.5. The van der Waals surface area contributed by atoms with Crippen LogP contribution in [0.5, 0.6) is 0 Å². The maximum Gasteiger partial charge on any atom is 0.338 e. The summed E-state index contributed by atoms with van der Waals surface area (Å²) in [5.41, 5.74) is 5.99. The lowest BCUT2D eigenvalue weighted by molar-refractivity contribution is -0.138. The lowest BCUT2D eigenvalue weighted by atomic mass is 10.1. The van der Waals surface area contributed by atoms with Gasteiger partial charge in [0.25, 0.3) is 0 Å². The van der Waals surface area contributed by atoms with E-state index in [-0.39, 0.29) is 12.1 Å². The highest BCUT2D eigenvalue weighted by molar-refractivity contribution is 5.91. The highest BCUT2D eigenvalue weighted by Crippen LogP contribution is 2.16. The molecule has 0 aromatic rings. The second-order valence-electron chi connectivity index (χ2n) is 3.60. The van der Waals surface area contributed by atoms with Gasteiger partial charge in [-0.15, -0.1) is 0 Å². The Balaban J connectivity index is 2.45. The third-order valence-electron chi connectivity index (χ3n) is 2.32. The number of unbranched alkanes of at least 4 members (excludes halogenated alkanes) is 1. The molecule has 1 unspecified atom stereocenters. The molecular weight excluding hydrogens is 206 g/mol. The third-order valence-corrected chi connectivity index (χ3v) is 2.32. The van der Waals surface area contributed by atoms with Crippen LogP contribution in [-0.2, 0) is 14.3 Å². The van der Waals surface area contributed by atoms with Crippen LogP contribution in [0.15, 0.2) is 24.0 Å². The maximum absolute atomic E-state index is 11.5. The fraction of sp³-hybridized carbons (Fsp3) is 0.583. The standard InChI is InChI=1S/C12H19NO3/c1-2-15-12(14)10-6-8-16-11(9-10)5-3-4-7-13/h6,8-9,11H,2-5,7,13H2,1H3. The van der Waals surface area contributed by atoms with Gasteiger partial charge in [-0.25, -0.2) is 4.79 Å². The summed E-state index contributed by atoms with van der Waals surface area (Å²) >= 11 is 0. The van der Waals surface area contributed by atoms with Crippen molar-refractivity contribution in [2.75, 3.05) is 13.2 Å². The molecule has 2 N–H and O–H groups in total. The molecule has 1 atom stereocenters. The Bertz CT molecular complexity index is 284. The molecule has 16 heavy (non-hydrogen) atoms. The topological polar surface area (TPSA) is 61.5 Å². The second kappa shape index (κ2) is 7.06. The predicted octanol–water partition coefficient (Wildman–Crippen LogP) is 1.52. The lowest BCUT2D eigenvalue weighted by Crippen LogP contribution is -2.16. The van der Waals surface area contributed by atoms with Gasteiger partial charge in [0.15, 0.2) is 0 Å². The van der Waals surface area contributed by atoms with E-state index in [9.17, 15) is 4.79 Å². The number of ether oxygens (including phenoxy) is 2. The van der Waals surface area contributed by atoms with Gasteiger partial charge in [-0.05, 0) is 44.9 Å². The van der Waals surface area contributed by atoms with Crippen molar-refractivity contribution in [1.29, 1.82) is 0 Å². The molecule has 1 heterocycles. The lowest BCUT2D eigenvalue weighted by Gasteiger charge is -2.17. The second-order valence-corrected chi connectivity index (χ2v) is 3.60. The van der Waals surface area contributed by atoms with Gasteiger partial charge in [-0.2, -0.15) is 0 Å².